The van der Waals surface area contributed by atoms with Crippen LogP contribution < -0.4 is 5.56 Å². The standard InChI is InChI=1S/C16H16F3N7O2/c1-8-10(14(28)25-4-2-9(3-5-25)16(17,18)19)6-22-26(8)15-23-12-11(13(27)24-15)20-7-21-12/h6-7,9H,2-5H2,1H3,(H2,20,21,23,24,27). The van der Waals surface area contributed by atoms with Gasteiger partial charge in [-0.25, -0.2) is 9.67 Å². The molecule has 4 heterocycles. The van der Waals surface area contributed by atoms with Crippen molar-refractivity contribution in [2.45, 2.75) is 25.9 Å². The van der Waals surface area contributed by atoms with Crippen LogP contribution in [-0.2, 0) is 0 Å². The highest BCUT2D eigenvalue weighted by Crippen LogP contribution is 2.34. The number of imidazole rings is 1. The Morgan fingerprint density at radius 1 is 1.29 bits per heavy atom. The topological polar surface area (TPSA) is 113 Å². The second-order valence-electron chi connectivity index (χ2n) is 6.65. The number of aromatic nitrogens is 6. The van der Waals surface area contributed by atoms with Crippen LogP contribution in [0.25, 0.3) is 17.1 Å². The van der Waals surface area contributed by atoms with Gasteiger partial charge in [-0.2, -0.15) is 23.3 Å². The maximum absolute atomic E-state index is 12.8. The van der Waals surface area contributed by atoms with Gasteiger partial charge in [0.15, 0.2) is 11.2 Å². The van der Waals surface area contributed by atoms with Gasteiger partial charge in [-0.15, -0.1) is 0 Å². The lowest BCUT2D eigenvalue weighted by Gasteiger charge is -2.32. The fourth-order valence-electron chi connectivity index (χ4n) is 3.34. The summed E-state index contributed by atoms with van der Waals surface area (Å²) in [5, 5.41) is 4.11. The van der Waals surface area contributed by atoms with Crippen LogP contribution in [0.15, 0.2) is 17.3 Å². The van der Waals surface area contributed by atoms with E-state index < -0.39 is 23.6 Å². The number of piperidine rings is 1. The van der Waals surface area contributed by atoms with Gasteiger partial charge >= 0.3 is 6.18 Å². The summed E-state index contributed by atoms with van der Waals surface area (Å²) >= 11 is 0. The third-order valence-electron chi connectivity index (χ3n) is 4.97. The van der Waals surface area contributed by atoms with E-state index in [-0.39, 0.29) is 48.6 Å². The smallest absolute Gasteiger partial charge is 0.339 e. The van der Waals surface area contributed by atoms with Gasteiger partial charge in [0.05, 0.1) is 29.7 Å². The Bertz CT molecular complexity index is 1090. The molecule has 0 saturated carbocycles. The summed E-state index contributed by atoms with van der Waals surface area (Å²) in [7, 11) is 0. The predicted octanol–water partition coefficient (Wildman–Crippen LogP) is 1.55. The van der Waals surface area contributed by atoms with E-state index in [1.54, 1.807) is 6.92 Å². The molecule has 148 valence electrons. The van der Waals surface area contributed by atoms with Crippen LogP contribution >= 0.6 is 0 Å². The zero-order chi connectivity index (χ0) is 20.1. The van der Waals surface area contributed by atoms with Gasteiger partial charge in [0, 0.05) is 13.1 Å². The second kappa shape index (κ2) is 6.46. The van der Waals surface area contributed by atoms with Gasteiger partial charge in [0.25, 0.3) is 11.5 Å². The molecule has 0 bridgehead atoms. The summed E-state index contributed by atoms with van der Waals surface area (Å²) in [5.41, 5.74) is 0.652. The maximum atomic E-state index is 12.8. The molecule has 1 aliphatic rings. The fourth-order valence-corrected chi connectivity index (χ4v) is 3.34. The van der Waals surface area contributed by atoms with E-state index in [0.717, 1.165) is 0 Å². The molecule has 0 atom stereocenters. The highest BCUT2D eigenvalue weighted by Gasteiger charge is 2.42. The Hall–Kier alpha value is -3.18. The summed E-state index contributed by atoms with van der Waals surface area (Å²) < 4.78 is 39.7. The molecule has 1 amide bonds. The molecule has 3 aromatic heterocycles. The van der Waals surface area contributed by atoms with E-state index in [2.05, 4.69) is 25.0 Å². The van der Waals surface area contributed by atoms with Crippen molar-refractivity contribution in [3.63, 3.8) is 0 Å². The van der Waals surface area contributed by atoms with E-state index in [9.17, 15) is 22.8 Å². The molecule has 28 heavy (non-hydrogen) atoms. The monoisotopic (exact) mass is 395 g/mol. The molecule has 1 fully saturated rings. The van der Waals surface area contributed by atoms with Gasteiger partial charge < -0.3 is 9.88 Å². The van der Waals surface area contributed by atoms with Crippen LogP contribution in [0.5, 0.6) is 0 Å². The normalized spacial score (nSPS) is 16.1. The van der Waals surface area contributed by atoms with Gasteiger partial charge in [-0.05, 0) is 19.8 Å². The molecular formula is C16H16F3N7O2. The molecule has 1 saturated heterocycles. The number of amides is 1. The van der Waals surface area contributed by atoms with Crippen molar-refractivity contribution in [1.82, 2.24) is 34.6 Å². The first-order valence-corrected chi connectivity index (χ1v) is 8.60. The summed E-state index contributed by atoms with van der Waals surface area (Å²) in [6.07, 6.45) is -1.81. The van der Waals surface area contributed by atoms with Crippen molar-refractivity contribution in [2.75, 3.05) is 13.1 Å². The van der Waals surface area contributed by atoms with Crippen molar-refractivity contribution in [2.24, 2.45) is 5.92 Å². The minimum Gasteiger partial charge on any atom is -0.339 e. The Kier molecular flexibility index (Phi) is 4.20. The first-order valence-electron chi connectivity index (χ1n) is 8.60. The molecule has 0 spiro atoms. The number of hydrogen-bond donors (Lipinski definition) is 2. The largest absolute Gasteiger partial charge is 0.391 e. The number of halogens is 3. The van der Waals surface area contributed by atoms with Crippen molar-refractivity contribution in [3.8, 4) is 5.95 Å². The second-order valence-corrected chi connectivity index (χ2v) is 6.65. The number of H-pyrrole nitrogens is 2. The van der Waals surface area contributed by atoms with Gasteiger partial charge in [0.2, 0.25) is 5.95 Å². The molecule has 1 aliphatic heterocycles. The fraction of sp³-hybridized carbons (Fsp3) is 0.438. The third kappa shape index (κ3) is 3.04. The van der Waals surface area contributed by atoms with Crippen molar-refractivity contribution in [3.05, 3.63) is 34.1 Å². The number of carbonyl (C=O) groups excluding carboxylic acids is 1. The van der Waals surface area contributed by atoms with Gasteiger partial charge in [0.1, 0.15) is 0 Å². The average Bonchev–Trinajstić information content (AvgIpc) is 3.27. The lowest BCUT2D eigenvalue weighted by Crippen LogP contribution is -2.42. The van der Waals surface area contributed by atoms with E-state index >= 15 is 0 Å². The molecule has 0 aromatic carbocycles. The Labute approximate surface area is 155 Å². The van der Waals surface area contributed by atoms with Crippen molar-refractivity contribution in [1.29, 1.82) is 0 Å². The minimum atomic E-state index is -4.24. The number of carbonyl (C=O) groups is 1. The maximum Gasteiger partial charge on any atom is 0.391 e. The number of hydrogen-bond acceptors (Lipinski definition) is 5. The van der Waals surface area contributed by atoms with Crippen LogP contribution in [0.1, 0.15) is 28.9 Å². The molecule has 9 nitrogen and oxygen atoms in total. The first-order chi connectivity index (χ1) is 13.3. The Morgan fingerprint density at radius 3 is 2.68 bits per heavy atom. The van der Waals surface area contributed by atoms with E-state index in [4.69, 9.17) is 0 Å². The molecule has 12 heteroatoms. The van der Waals surface area contributed by atoms with Crippen LogP contribution in [0, 0.1) is 12.8 Å². The zero-order valence-corrected chi connectivity index (χ0v) is 14.7. The molecule has 0 aliphatic carbocycles. The van der Waals surface area contributed by atoms with Crippen LogP contribution in [0.4, 0.5) is 13.2 Å². The molecular weight excluding hydrogens is 379 g/mol. The number of fused-ring (bicyclic) bond motifs is 1. The SMILES string of the molecule is Cc1c(C(=O)N2CCC(C(F)(F)F)CC2)cnn1-c1nc2nc[nH]c2c(=O)[nH]1. The Morgan fingerprint density at radius 2 is 2.00 bits per heavy atom. The lowest BCUT2D eigenvalue weighted by molar-refractivity contribution is -0.183. The van der Waals surface area contributed by atoms with E-state index in [0.29, 0.717) is 5.69 Å². The third-order valence-corrected chi connectivity index (χ3v) is 4.97. The molecule has 4 rings (SSSR count). The number of rotatable bonds is 2. The number of likely N-dealkylation sites (tertiary alicyclic amines) is 1. The summed E-state index contributed by atoms with van der Waals surface area (Å²) in [6, 6.07) is 0. The van der Waals surface area contributed by atoms with Crippen LogP contribution in [0.3, 0.4) is 0 Å². The predicted molar refractivity (Wildman–Crippen MR) is 91.1 cm³/mol. The van der Waals surface area contributed by atoms with Crippen molar-refractivity contribution >= 4 is 17.1 Å². The number of nitrogens with zero attached hydrogens (tertiary/aromatic N) is 5. The van der Waals surface area contributed by atoms with E-state index in [1.165, 1.54) is 22.1 Å². The lowest BCUT2D eigenvalue weighted by atomic mass is 9.96. The number of alkyl halides is 3. The average molecular weight is 395 g/mol. The molecule has 3 aromatic rings. The molecule has 0 radical (unpaired) electrons. The van der Waals surface area contributed by atoms with Gasteiger partial charge in [-0.3, -0.25) is 14.6 Å². The summed E-state index contributed by atoms with van der Waals surface area (Å²) in [6.45, 7) is 1.68. The van der Waals surface area contributed by atoms with Crippen LogP contribution in [-0.4, -0.2) is 59.8 Å². The summed E-state index contributed by atoms with van der Waals surface area (Å²) in [4.78, 5) is 39.6. The molecule has 0 unspecified atom stereocenters. The Balaban J connectivity index is 1.58. The highest BCUT2D eigenvalue weighted by atomic mass is 19.4. The highest BCUT2D eigenvalue weighted by molar-refractivity contribution is 5.95. The van der Waals surface area contributed by atoms with Crippen molar-refractivity contribution < 1.29 is 18.0 Å². The zero-order valence-electron chi connectivity index (χ0n) is 14.7. The van der Waals surface area contributed by atoms with E-state index in [1.807, 2.05) is 0 Å². The minimum absolute atomic E-state index is 0.0297. The number of nitrogens with one attached hydrogen (secondary N) is 2. The first kappa shape index (κ1) is 18.2. The number of aromatic amines is 2. The van der Waals surface area contributed by atoms with Crippen LogP contribution in [0.2, 0.25) is 0 Å². The van der Waals surface area contributed by atoms with Gasteiger partial charge in [-0.1, -0.05) is 0 Å². The quantitative estimate of drug-likeness (QED) is 0.684. The summed E-state index contributed by atoms with van der Waals surface area (Å²) in [5.74, 6) is -1.68. The molecule has 2 N–H and O–H groups in total.